The molecule has 1 heterocycles. The van der Waals surface area contributed by atoms with E-state index >= 15 is 0 Å². The number of fused-ring (bicyclic) bond motifs is 3. The summed E-state index contributed by atoms with van der Waals surface area (Å²) >= 11 is 0. The molecule has 1 aliphatic rings. The van der Waals surface area contributed by atoms with Crippen molar-refractivity contribution in [1.82, 2.24) is 4.98 Å². The van der Waals surface area contributed by atoms with Crippen LogP contribution in [0.1, 0.15) is 125 Å². The zero-order valence-corrected chi connectivity index (χ0v) is 35.4. The summed E-state index contributed by atoms with van der Waals surface area (Å²) in [5.74, 6) is 3.82. The van der Waals surface area contributed by atoms with Gasteiger partial charge in [0.15, 0.2) is 0 Å². The average molecular weight is 798 g/mol. The lowest BCUT2D eigenvalue weighted by Crippen LogP contribution is -2.27. The van der Waals surface area contributed by atoms with E-state index < -0.39 is 0 Å². The molecule has 0 spiro atoms. The van der Waals surface area contributed by atoms with Crippen molar-refractivity contribution in [3.8, 4) is 23.1 Å². The molecule has 0 amide bonds. The molecule has 0 bridgehead atoms. The highest BCUT2D eigenvalue weighted by molar-refractivity contribution is 6.10. The summed E-state index contributed by atoms with van der Waals surface area (Å²) in [5.41, 5.74) is 3.58. The van der Waals surface area contributed by atoms with Gasteiger partial charge in [-0.1, -0.05) is 89.1 Å². The molecule has 59 heavy (non-hydrogen) atoms. The number of carbonyl (C=O) groups excluding carboxylic acids is 1. The normalized spacial score (nSPS) is 15.2. The molecule has 6 rings (SSSR count). The highest BCUT2D eigenvalue weighted by atomic mass is 16.5. The monoisotopic (exact) mass is 797 g/mol. The number of allylic oxidation sites excluding steroid dienone is 1. The predicted molar refractivity (Wildman–Crippen MR) is 241 cm³/mol. The molecule has 4 aromatic carbocycles. The fraction of sp³-hybridized carbons (Fsp3) is 0.423. The highest BCUT2D eigenvalue weighted by Crippen LogP contribution is 2.36. The third-order valence-electron chi connectivity index (χ3n) is 11.3. The first-order chi connectivity index (χ1) is 28.9. The Morgan fingerprint density at radius 3 is 2.12 bits per heavy atom. The molecule has 1 aromatic heterocycles. The van der Waals surface area contributed by atoms with Gasteiger partial charge in [-0.2, -0.15) is 0 Å². The van der Waals surface area contributed by atoms with E-state index in [1.807, 2.05) is 72.8 Å². The van der Waals surface area contributed by atoms with Gasteiger partial charge in [0.25, 0.3) is 0 Å². The Hall–Kier alpha value is -5.30. The number of aryl methyl sites for hydroxylation is 1. The van der Waals surface area contributed by atoms with E-state index in [4.69, 9.17) is 28.7 Å². The number of pyridine rings is 1. The van der Waals surface area contributed by atoms with E-state index in [2.05, 4.69) is 45.2 Å². The Labute approximate surface area is 351 Å². The largest absolute Gasteiger partial charge is 0.499 e. The second-order valence-corrected chi connectivity index (χ2v) is 15.9. The van der Waals surface area contributed by atoms with Crippen LogP contribution < -0.4 is 14.2 Å². The molecule has 0 radical (unpaired) electrons. The topological polar surface area (TPSA) is 76.1 Å². The maximum absolute atomic E-state index is 13.6. The maximum Gasteiger partial charge on any atom is 0.338 e. The van der Waals surface area contributed by atoms with Gasteiger partial charge in [0.1, 0.15) is 23.4 Å². The maximum atomic E-state index is 13.6. The van der Waals surface area contributed by atoms with Crippen LogP contribution in [0.5, 0.6) is 23.1 Å². The third-order valence-corrected chi connectivity index (χ3v) is 11.3. The second kappa shape index (κ2) is 22.7. The first kappa shape index (κ1) is 43.3. The van der Waals surface area contributed by atoms with E-state index in [-0.39, 0.29) is 12.1 Å². The number of benzene rings is 4. The van der Waals surface area contributed by atoms with Crippen LogP contribution in [0.2, 0.25) is 0 Å². The highest BCUT2D eigenvalue weighted by Gasteiger charge is 2.25. The van der Waals surface area contributed by atoms with Crippen LogP contribution in [0, 0.1) is 5.92 Å². The second-order valence-electron chi connectivity index (χ2n) is 15.9. The summed E-state index contributed by atoms with van der Waals surface area (Å²) in [4.78, 5) is 18.6. The van der Waals surface area contributed by atoms with E-state index in [1.54, 1.807) is 0 Å². The van der Waals surface area contributed by atoms with Crippen LogP contribution in [-0.4, -0.2) is 36.9 Å². The van der Waals surface area contributed by atoms with Crippen molar-refractivity contribution in [3.63, 3.8) is 0 Å². The van der Waals surface area contributed by atoms with Crippen molar-refractivity contribution in [2.24, 2.45) is 5.92 Å². The van der Waals surface area contributed by atoms with Crippen molar-refractivity contribution in [2.75, 3.05) is 19.8 Å². The Morgan fingerprint density at radius 2 is 1.39 bits per heavy atom. The predicted octanol–water partition coefficient (Wildman–Crippen LogP) is 14.0. The quantitative estimate of drug-likeness (QED) is 0.0266. The van der Waals surface area contributed by atoms with E-state index in [9.17, 15) is 4.79 Å². The molecule has 0 N–H and O–H groups in total. The SMILES string of the molecule is C=Cc1ccc2c(c1)nc(Oc1ccc(CCCCCCC)cc1)c1cc(C(=O)OC3CCC(COc4ccc(OCCCCCCOC(=C)CC)cc4)CC3)ccc12. The Kier molecular flexibility index (Phi) is 16.7. The van der Waals surface area contributed by atoms with Gasteiger partial charge >= 0.3 is 5.97 Å². The summed E-state index contributed by atoms with van der Waals surface area (Å²) in [6, 6.07) is 28.0. The Balaban J connectivity index is 0.987. The molecule has 1 saturated carbocycles. The third kappa shape index (κ3) is 13.1. The van der Waals surface area contributed by atoms with Crippen molar-refractivity contribution in [3.05, 3.63) is 121 Å². The zero-order chi connectivity index (χ0) is 41.2. The summed E-state index contributed by atoms with van der Waals surface area (Å²) in [6.07, 6.45) is 17.7. The van der Waals surface area contributed by atoms with Gasteiger partial charge in [-0.05, 0) is 141 Å². The Bertz CT molecular complexity index is 2100. The summed E-state index contributed by atoms with van der Waals surface area (Å²) in [5, 5.41) is 2.72. The molecule has 7 heteroatoms. The standard InChI is InChI=1S/C52H63NO6/c1-5-8-9-10-13-16-40-17-23-45(24-18-40)58-51-49-36-42(22-32-47(49)48-31-21-39(7-3)35-50(48)53-51)52(54)59-46-25-19-41(20-26-46)37-57-44-29-27-43(28-30-44)56-34-15-12-11-14-33-55-38(4)6-2/h7,17-18,21-24,27-32,35-36,41,46H,3-6,8-16,19-20,25-26,33-34,37H2,1-2H3. The number of aromatic nitrogens is 1. The fourth-order valence-corrected chi connectivity index (χ4v) is 7.64. The molecule has 7 nitrogen and oxygen atoms in total. The Morgan fingerprint density at radius 1 is 0.712 bits per heavy atom. The fourth-order valence-electron chi connectivity index (χ4n) is 7.64. The van der Waals surface area contributed by atoms with Crippen molar-refractivity contribution >= 4 is 33.7 Å². The van der Waals surface area contributed by atoms with Crippen LogP contribution >= 0.6 is 0 Å². The number of carbonyl (C=O) groups is 1. The summed E-state index contributed by atoms with van der Waals surface area (Å²) in [7, 11) is 0. The van der Waals surface area contributed by atoms with E-state index in [1.165, 1.54) is 37.7 Å². The minimum atomic E-state index is -0.325. The van der Waals surface area contributed by atoms with Gasteiger partial charge in [-0.3, -0.25) is 0 Å². The number of nitrogens with zero attached hydrogens (tertiary/aromatic N) is 1. The number of rotatable bonds is 24. The van der Waals surface area contributed by atoms with Crippen LogP contribution in [0.25, 0.3) is 27.8 Å². The zero-order valence-electron chi connectivity index (χ0n) is 35.4. The van der Waals surface area contributed by atoms with Gasteiger partial charge in [0.05, 0.1) is 36.7 Å². The molecular formula is C52H63NO6. The summed E-state index contributed by atoms with van der Waals surface area (Å²) in [6.45, 7) is 14.2. The van der Waals surface area contributed by atoms with E-state index in [0.717, 1.165) is 115 Å². The minimum absolute atomic E-state index is 0.131. The van der Waals surface area contributed by atoms with E-state index in [0.29, 0.717) is 36.3 Å². The lowest BCUT2D eigenvalue weighted by Gasteiger charge is -2.28. The molecule has 1 aliphatic carbocycles. The van der Waals surface area contributed by atoms with Crippen molar-refractivity contribution in [2.45, 2.75) is 116 Å². The van der Waals surface area contributed by atoms with Gasteiger partial charge in [0, 0.05) is 17.2 Å². The first-order valence-electron chi connectivity index (χ1n) is 22.1. The van der Waals surface area contributed by atoms with Crippen molar-refractivity contribution in [1.29, 1.82) is 0 Å². The number of unbranched alkanes of at least 4 members (excludes halogenated alkanes) is 7. The smallest absolute Gasteiger partial charge is 0.338 e. The van der Waals surface area contributed by atoms with Gasteiger partial charge < -0.3 is 23.7 Å². The number of hydrogen-bond donors (Lipinski definition) is 0. The molecule has 5 aromatic rings. The molecule has 1 fully saturated rings. The lowest BCUT2D eigenvalue weighted by molar-refractivity contribution is 0.0141. The molecular weight excluding hydrogens is 735 g/mol. The molecule has 312 valence electrons. The molecule has 0 aliphatic heterocycles. The van der Waals surface area contributed by atoms with Crippen LogP contribution in [0.4, 0.5) is 0 Å². The molecule has 0 saturated heterocycles. The summed E-state index contributed by atoms with van der Waals surface area (Å²) < 4.78 is 30.2. The van der Waals surface area contributed by atoms with Crippen molar-refractivity contribution < 1.29 is 28.5 Å². The lowest BCUT2D eigenvalue weighted by atomic mass is 9.88. The van der Waals surface area contributed by atoms with Crippen LogP contribution in [0.15, 0.2) is 104 Å². The number of esters is 1. The molecule has 0 unspecified atom stereocenters. The average Bonchev–Trinajstić information content (AvgIpc) is 3.27. The number of hydrogen-bond acceptors (Lipinski definition) is 7. The van der Waals surface area contributed by atoms with Gasteiger partial charge in [-0.25, -0.2) is 9.78 Å². The molecule has 0 atom stereocenters. The van der Waals surface area contributed by atoms with Gasteiger partial charge in [0.2, 0.25) is 5.88 Å². The first-order valence-corrected chi connectivity index (χ1v) is 22.1. The van der Waals surface area contributed by atoms with Crippen LogP contribution in [-0.2, 0) is 15.9 Å². The minimum Gasteiger partial charge on any atom is -0.499 e. The van der Waals surface area contributed by atoms with Crippen LogP contribution in [0.3, 0.4) is 0 Å². The van der Waals surface area contributed by atoms with Gasteiger partial charge in [-0.15, -0.1) is 0 Å². The number of ether oxygens (including phenoxy) is 5.